The van der Waals surface area contributed by atoms with E-state index in [0.29, 0.717) is 6.54 Å². The molecule has 188 valence electrons. The zero-order valence-electron chi connectivity index (χ0n) is 22.0. The Hall–Kier alpha value is -3.57. The van der Waals surface area contributed by atoms with Crippen molar-refractivity contribution in [1.29, 1.82) is 0 Å². The largest absolute Gasteiger partial charge is 0.378 e. The fourth-order valence-electron chi connectivity index (χ4n) is 4.53. The molecule has 36 heavy (non-hydrogen) atoms. The lowest BCUT2D eigenvalue weighted by molar-refractivity contribution is 0.0950. The number of hydrogen-bond donors (Lipinski definition) is 1. The first kappa shape index (κ1) is 25.5. The number of carbonyl (C=O) groups is 1. The van der Waals surface area contributed by atoms with Crippen molar-refractivity contribution in [2.24, 2.45) is 0 Å². The smallest absolute Gasteiger partial charge is 0.251 e. The standard InChI is InChI=1S/C31H38N4O/c1-24-10-11-25(2)30(21-24)31(36)32-23-27-7-5-9-29(22-27)35-19-17-34(18-20-35)16-6-8-26-12-14-28(15-13-26)33(3)4/h5-15,21-22H,16-20,23H2,1-4H3,(H,32,36). The van der Waals surface area contributed by atoms with Crippen LogP contribution in [0, 0.1) is 13.8 Å². The van der Waals surface area contributed by atoms with Crippen molar-refractivity contribution in [3.05, 3.63) is 101 Å². The van der Waals surface area contributed by atoms with E-state index >= 15 is 0 Å². The molecule has 3 aromatic rings. The van der Waals surface area contributed by atoms with Crippen molar-refractivity contribution in [2.75, 3.05) is 56.6 Å². The number of anilines is 2. The molecule has 1 heterocycles. The van der Waals surface area contributed by atoms with Gasteiger partial charge < -0.3 is 15.1 Å². The molecule has 5 heteroatoms. The van der Waals surface area contributed by atoms with Gasteiger partial charge in [0.15, 0.2) is 0 Å². The number of nitrogens with zero attached hydrogens (tertiary/aromatic N) is 3. The summed E-state index contributed by atoms with van der Waals surface area (Å²) in [5.74, 6) is -0.0167. The molecule has 1 fully saturated rings. The highest BCUT2D eigenvalue weighted by molar-refractivity contribution is 5.95. The fourth-order valence-corrected chi connectivity index (χ4v) is 4.53. The summed E-state index contributed by atoms with van der Waals surface area (Å²) in [6.45, 7) is 9.57. The predicted octanol–water partition coefficient (Wildman–Crippen LogP) is 5.13. The van der Waals surface area contributed by atoms with Gasteiger partial charge in [-0.3, -0.25) is 9.69 Å². The van der Waals surface area contributed by atoms with Crippen molar-refractivity contribution in [2.45, 2.75) is 20.4 Å². The third-order valence-electron chi connectivity index (χ3n) is 6.82. The third-order valence-corrected chi connectivity index (χ3v) is 6.82. The molecular weight excluding hydrogens is 444 g/mol. The van der Waals surface area contributed by atoms with Crippen LogP contribution in [0.15, 0.2) is 72.8 Å². The van der Waals surface area contributed by atoms with Gasteiger partial charge in [0.05, 0.1) is 0 Å². The van der Waals surface area contributed by atoms with E-state index in [-0.39, 0.29) is 5.91 Å². The maximum absolute atomic E-state index is 12.7. The number of amides is 1. The predicted molar refractivity (Wildman–Crippen MR) is 152 cm³/mol. The Bertz CT molecular complexity index is 1190. The summed E-state index contributed by atoms with van der Waals surface area (Å²) in [6, 6.07) is 23.2. The van der Waals surface area contributed by atoms with Gasteiger partial charge in [0.1, 0.15) is 0 Å². The van der Waals surface area contributed by atoms with E-state index in [1.807, 2.05) is 32.0 Å². The Morgan fingerprint density at radius 3 is 2.42 bits per heavy atom. The van der Waals surface area contributed by atoms with Gasteiger partial charge in [-0.2, -0.15) is 0 Å². The Balaban J connectivity index is 1.26. The molecule has 0 radical (unpaired) electrons. The summed E-state index contributed by atoms with van der Waals surface area (Å²) < 4.78 is 0. The van der Waals surface area contributed by atoms with Crippen LogP contribution in [-0.4, -0.2) is 57.6 Å². The molecule has 0 aliphatic carbocycles. The number of benzene rings is 3. The lowest BCUT2D eigenvalue weighted by Crippen LogP contribution is -2.46. The lowest BCUT2D eigenvalue weighted by Gasteiger charge is -2.35. The van der Waals surface area contributed by atoms with Crippen LogP contribution in [0.3, 0.4) is 0 Å². The number of carbonyl (C=O) groups excluding carboxylic acids is 1. The van der Waals surface area contributed by atoms with E-state index < -0.39 is 0 Å². The fraction of sp³-hybridized carbons (Fsp3) is 0.323. The van der Waals surface area contributed by atoms with Crippen LogP contribution in [-0.2, 0) is 6.54 Å². The number of piperazine rings is 1. The Morgan fingerprint density at radius 1 is 0.944 bits per heavy atom. The minimum atomic E-state index is -0.0167. The third kappa shape index (κ3) is 6.76. The second-order valence-corrected chi connectivity index (χ2v) is 9.85. The number of nitrogens with one attached hydrogen (secondary N) is 1. The van der Waals surface area contributed by atoms with Crippen molar-refractivity contribution in [1.82, 2.24) is 10.2 Å². The SMILES string of the molecule is Cc1ccc(C)c(C(=O)NCc2cccc(N3CCN(CC=Cc4ccc(N(C)C)cc4)CC3)c2)c1. The first-order chi connectivity index (χ1) is 17.4. The van der Waals surface area contributed by atoms with Gasteiger partial charge in [-0.1, -0.05) is 54.1 Å². The highest BCUT2D eigenvalue weighted by Crippen LogP contribution is 2.19. The van der Waals surface area contributed by atoms with Crippen LogP contribution in [0.25, 0.3) is 6.08 Å². The molecule has 4 rings (SSSR count). The summed E-state index contributed by atoms with van der Waals surface area (Å²) in [6.07, 6.45) is 4.47. The van der Waals surface area contributed by atoms with E-state index in [0.717, 1.165) is 55.0 Å². The summed E-state index contributed by atoms with van der Waals surface area (Å²) in [7, 11) is 4.12. The second kappa shape index (κ2) is 11.9. The van der Waals surface area contributed by atoms with Crippen LogP contribution in [0.2, 0.25) is 0 Å². The van der Waals surface area contributed by atoms with Gasteiger partial charge >= 0.3 is 0 Å². The summed E-state index contributed by atoms with van der Waals surface area (Å²) in [5, 5.41) is 3.09. The van der Waals surface area contributed by atoms with Crippen LogP contribution < -0.4 is 15.1 Å². The number of rotatable bonds is 8. The molecule has 5 nitrogen and oxygen atoms in total. The van der Waals surface area contributed by atoms with Gasteiger partial charge in [0.25, 0.3) is 5.91 Å². The zero-order valence-corrected chi connectivity index (χ0v) is 22.0. The Labute approximate surface area is 216 Å². The Morgan fingerprint density at radius 2 is 1.69 bits per heavy atom. The molecule has 1 saturated heterocycles. The first-order valence-corrected chi connectivity index (χ1v) is 12.7. The first-order valence-electron chi connectivity index (χ1n) is 12.7. The molecule has 0 aromatic heterocycles. The normalized spacial score (nSPS) is 14.3. The van der Waals surface area contributed by atoms with Crippen molar-refractivity contribution in [3.8, 4) is 0 Å². The molecule has 0 spiro atoms. The van der Waals surface area contributed by atoms with E-state index in [2.05, 4.69) is 94.8 Å². The second-order valence-electron chi connectivity index (χ2n) is 9.85. The highest BCUT2D eigenvalue weighted by atomic mass is 16.1. The maximum atomic E-state index is 12.7. The quantitative estimate of drug-likeness (QED) is 0.483. The summed E-state index contributed by atoms with van der Waals surface area (Å²) >= 11 is 0. The van der Waals surface area contributed by atoms with Crippen molar-refractivity contribution >= 4 is 23.4 Å². The molecule has 3 aromatic carbocycles. The van der Waals surface area contributed by atoms with Gasteiger partial charge in [-0.25, -0.2) is 0 Å². The Kier molecular flexibility index (Phi) is 8.44. The molecule has 0 bridgehead atoms. The van der Waals surface area contributed by atoms with E-state index in [1.54, 1.807) is 0 Å². The molecule has 1 N–H and O–H groups in total. The number of hydrogen-bond acceptors (Lipinski definition) is 4. The topological polar surface area (TPSA) is 38.8 Å². The van der Waals surface area contributed by atoms with Crippen molar-refractivity contribution < 1.29 is 4.79 Å². The van der Waals surface area contributed by atoms with Crippen LogP contribution in [0.1, 0.15) is 32.6 Å². The molecular formula is C31H38N4O. The van der Waals surface area contributed by atoms with Crippen molar-refractivity contribution in [3.63, 3.8) is 0 Å². The van der Waals surface area contributed by atoms with E-state index in [4.69, 9.17) is 0 Å². The highest BCUT2D eigenvalue weighted by Gasteiger charge is 2.17. The summed E-state index contributed by atoms with van der Waals surface area (Å²) in [5.41, 5.74) is 7.66. The average molecular weight is 483 g/mol. The zero-order chi connectivity index (χ0) is 25.5. The van der Waals surface area contributed by atoms with Gasteiger partial charge in [-0.15, -0.1) is 0 Å². The molecule has 1 aliphatic rings. The lowest BCUT2D eigenvalue weighted by atomic mass is 10.0. The van der Waals surface area contributed by atoms with Crippen LogP contribution >= 0.6 is 0 Å². The number of aryl methyl sites for hydroxylation is 2. The summed E-state index contributed by atoms with van der Waals surface area (Å²) in [4.78, 5) is 19.8. The maximum Gasteiger partial charge on any atom is 0.251 e. The van der Waals surface area contributed by atoms with E-state index in [1.165, 1.54) is 16.9 Å². The van der Waals surface area contributed by atoms with Crippen LogP contribution in [0.5, 0.6) is 0 Å². The minimum absolute atomic E-state index is 0.0167. The molecule has 1 aliphatic heterocycles. The average Bonchev–Trinajstić information content (AvgIpc) is 2.89. The van der Waals surface area contributed by atoms with Crippen LogP contribution in [0.4, 0.5) is 11.4 Å². The van der Waals surface area contributed by atoms with E-state index in [9.17, 15) is 4.79 Å². The molecule has 0 saturated carbocycles. The van der Waals surface area contributed by atoms with Gasteiger partial charge in [-0.05, 0) is 60.9 Å². The monoisotopic (exact) mass is 482 g/mol. The molecule has 0 atom stereocenters. The van der Waals surface area contributed by atoms with Gasteiger partial charge in [0, 0.05) is 70.3 Å². The molecule has 0 unspecified atom stereocenters. The molecule has 1 amide bonds. The van der Waals surface area contributed by atoms with Gasteiger partial charge in [0.2, 0.25) is 0 Å². The minimum Gasteiger partial charge on any atom is -0.378 e.